The molecule has 30 heavy (non-hydrogen) atoms. The van der Waals surface area contributed by atoms with E-state index >= 15 is 0 Å². The van der Waals surface area contributed by atoms with Gasteiger partial charge in [0, 0.05) is 5.39 Å². The van der Waals surface area contributed by atoms with Crippen molar-refractivity contribution in [1.29, 1.82) is 0 Å². The monoisotopic (exact) mass is 416 g/mol. The Bertz CT molecular complexity index is 991. The molecule has 0 unspecified atom stereocenters. The number of aliphatic carboxylic acids is 1. The Morgan fingerprint density at radius 3 is 2.60 bits per heavy atom. The Kier molecular flexibility index (Phi) is 6.64. The van der Waals surface area contributed by atoms with Crippen LogP contribution >= 0.6 is 0 Å². The first kappa shape index (κ1) is 21.7. The van der Waals surface area contributed by atoms with Crippen LogP contribution in [0.1, 0.15) is 62.2 Å². The Morgan fingerprint density at radius 1 is 1.23 bits per heavy atom. The van der Waals surface area contributed by atoms with Crippen LogP contribution in [-0.2, 0) is 4.79 Å². The summed E-state index contributed by atoms with van der Waals surface area (Å²) in [6, 6.07) is 4.90. The maximum absolute atomic E-state index is 12.8. The normalized spacial score (nSPS) is 15.1. The lowest BCUT2D eigenvalue weighted by atomic mass is 9.97. The molecule has 0 bridgehead atoms. The van der Waals surface area contributed by atoms with Crippen LogP contribution in [0, 0.1) is 0 Å². The number of amides is 1. The first-order valence-corrected chi connectivity index (χ1v) is 10.3. The molecule has 1 fully saturated rings. The lowest BCUT2D eigenvalue weighted by Gasteiger charge is -2.25. The number of methoxy groups -OCH3 is 1. The van der Waals surface area contributed by atoms with Gasteiger partial charge in [0.2, 0.25) is 0 Å². The van der Waals surface area contributed by atoms with Crippen LogP contribution in [0.15, 0.2) is 23.0 Å². The number of unbranched alkanes of at least 4 members (excludes halogenated alkanes) is 2. The Morgan fingerprint density at radius 2 is 1.97 bits per heavy atom. The topological polar surface area (TPSA) is 118 Å². The van der Waals surface area contributed by atoms with Crippen LogP contribution in [0.2, 0.25) is 0 Å². The van der Waals surface area contributed by atoms with Gasteiger partial charge >= 0.3 is 5.97 Å². The van der Waals surface area contributed by atoms with E-state index in [1.54, 1.807) is 12.1 Å². The summed E-state index contributed by atoms with van der Waals surface area (Å²) in [5, 5.41) is 12.8. The van der Waals surface area contributed by atoms with E-state index in [1.807, 2.05) is 0 Å². The van der Waals surface area contributed by atoms with Crippen molar-refractivity contribution in [3.05, 3.63) is 34.1 Å². The first-order valence-electron chi connectivity index (χ1n) is 10.3. The van der Waals surface area contributed by atoms with Crippen LogP contribution in [0.3, 0.4) is 0 Å². The van der Waals surface area contributed by atoms with Crippen LogP contribution in [0.4, 0.5) is 0 Å². The second-order valence-corrected chi connectivity index (χ2v) is 7.68. The zero-order chi connectivity index (χ0) is 21.7. The highest BCUT2D eigenvalue weighted by Crippen LogP contribution is 2.34. The zero-order valence-corrected chi connectivity index (χ0v) is 17.4. The lowest BCUT2D eigenvalue weighted by Crippen LogP contribution is -2.53. The number of H-pyrrole nitrogens is 1. The highest BCUT2D eigenvalue weighted by atomic mass is 16.5. The van der Waals surface area contributed by atoms with Crippen molar-refractivity contribution >= 4 is 22.8 Å². The van der Waals surface area contributed by atoms with E-state index in [9.17, 15) is 19.5 Å². The van der Waals surface area contributed by atoms with Gasteiger partial charge in [-0.1, -0.05) is 32.6 Å². The number of rotatable bonds is 9. The molecule has 3 rings (SSSR count). The van der Waals surface area contributed by atoms with Crippen molar-refractivity contribution < 1.29 is 24.2 Å². The fraction of sp³-hybridized carbons (Fsp3) is 0.500. The van der Waals surface area contributed by atoms with Crippen LogP contribution in [-0.4, -0.2) is 41.2 Å². The number of fused-ring (bicyclic) bond motifs is 1. The number of benzene rings is 1. The number of nitrogens with one attached hydrogen (secondary N) is 2. The van der Waals surface area contributed by atoms with Crippen molar-refractivity contribution in [3.8, 4) is 11.5 Å². The van der Waals surface area contributed by atoms with Gasteiger partial charge in [-0.2, -0.15) is 0 Å². The minimum atomic E-state index is -1.31. The maximum atomic E-state index is 12.8. The Balaban J connectivity index is 1.94. The minimum Gasteiger partial charge on any atom is -0.493 e. The predicted molar refractivity (Wildman–Crippen MR) is 112 cm³/mol. The van der Waals surface area contributed by atoms with E-state index in [-0.39, 0.29) is 5.56 Å². The van der Waals surface area contributed by atoms with Crippen molar-refractivity contribution in [2.45, 2.75) is 57.4 Å². The number of ether oxygens (including phenoxy) is 2. The van der Waals surface area contributed by atoms with Gasteiger partial charge in [-0.3, -0.25) is 9.59 Å². The fourth-order valence-corrected chi connectivity index (χ4v) is 3.88. The summed E-state index contributed by atoms with van der Waals surface area (Å²) in [4.78, 5) is 39.9. The van der Waals surface area contributed by atoms with Crippen molar-refractivity contribution in [3.63, 3.8) is 0 Å². The van der Waals surface area contributed by atoms with Gasteiger partial charge in [-0.25, -0.2) is 4.79 Å². The number of hydrogen-bond acceptors (Lipinski definition) is 5. The Labute approximate surface area is 174 Å². The molecule has 1 aromatic carbocycles. The third-order valence-electron chi connectivity index (χ3n) is 5.61. The number of carboxylic acids is 1. The molecule has 0 aliphatic heterocycles. The molecule has 0 spiro atoms. The quantitative estimate of drug-likeness (QED) is 0.540. The number of aromatic amines is 1. The van der Waals surface area contributed by atoms with Gasteiger partial charge < -0.3 is 24.9 Å². The molecule has 0 saturated heterocycles. The largest absolute Gasteiger partial charge is 0.493 e. The van der Waals surface area contributed by atoms with Crippen LogP contribution in [0.25, 0.3) is 10.9 Å². The molecule has 8 heteroatoms. The first-order chi connectivity index (χ1) is 14.4. The average molecular weight is 416 g/mol. The summed E-state index contributed by atoms with van der Waals surface area (Å²) in [7, 11) is 1.52. The van der Waals surface area contributed by atoms with Gasteiger partial charge in [0.05, 0.1) is 19.2 Å². The van der Waals surface area contributed by atoms with E-state index < -0.39 is 23.0 Å². The maximum Gasteiger partial charge on any atom is 0.329 e. The Hall–Kier alpha value is -3.03. The van der Waals surface area contributed by atoms with Gasteiger partial charge in [0.25, 0.3) is 11.5 Å². The fourth-order valence-electron chi connectivity index (χ4n) is 3.88. The van der Waals surface area contributed by atoms with E-state index in [1.165, 1.54) is 13.2 Å². The molecule has 1 saturated carbocycles. The molecule has 1 heterocycles. The second-order valence-electron chi connectivity index (χ2n) is 7.68. The summed E-state index contributed by atoms with van der Waals surface area (Å²) < 4.78 is 11.2. The van der Waals surface area contributed by atoms with E-state index in [4.69, 9.17) is 9.47 Å². The minimum absolute atomic E-state index is 0.128. The third kappa shape index (κ3) is 4.27. The number of carboxylic acid groups (broad SMARTS) is 1. The average Bonchev–Trinajstić information content (AvgIpc) is 3.20. The van der Waals surface area contributed by atoms with E-state index in [0.717, 1.165) is 32.1 Å². The van der Waals surface area contributed by atoms with Crippen molar-refractivity contribution in [1.82, 2.24) is 10.3 Å². The van der Waals surface area contributed by atoms with Crippen LogP contribution < -0.4 is 20.3 Å². The van der Waals surface area contributed by atoms with Gasteiger partial charge in [0.1, 0.15) is 11.1 Å². The van der Waals surface area contributed by atoms with Gasteiger partial charge in [-0.05, 0) is 37.5 Å². The summed E-state index contributed by atoms with van der Waals surface area (Å²) in [6.45, 7) is 2.58. The second kappa shape index (κ2) is 9.19. The van der Waals surface area contributed by atoms with Crippen molar-refractivity contribution in [2.75, 3.05) is 13.7 Å². The van der Waals surface area contributed by atoms with Gasteiger partial charge in [0.15, 0.2) is 11.5 Å². The number of aromatic nitrogens is 1. The molecule has 1 aliphatic carbocycles. The van der Waals surface area contributed by atoms with Crippen molar-refractivity contribution in [2.24, 2.45) is 0 Å². The SMILES string of the molecule is CCCCCOc1c(OC)ccc2cc(C(=O)NC3(C(=O)O)CCCC3)c(=O)[nH]c12. The lowest BCUT2D eigenvalue weighted by molar-refractivity contribution is -0.144. The highest BCUT2D eigenvalue weighted by Gasteiger charge is 2.43. The molecular weight excluding hydrogens is 388 g/mol. The number of pyridine rings is 1. The predicted octanol–water partition coefficient (Wildman–Crippen LogP) is 3.23. The molecule has 1 aromatic heterocycles. The van der Waals surface area contributed by atoms with E-state index in [0.29, 0.717) is 41.9 Å². The summed E-state index contributed by atoms with van der Waals surface area (Å²) >= 11 is 0. The molecule has 0 atom stereocenters. The van der Waals surface area contributed by atoms with E-state index in [2.05, 4.69) is 17.2 Å². The standard InChI is InChI=1S/C22H28N2O6/c1-3-4-7-12-30-18-16(29-2)9-8-14-13-15(19(25)23-17(14)18)20(26)24-22(21(27)28)10-5-6-11-22/h8-9,13H,3-7,10-12H2,1-2H3,(H,23,25)(H,24,26)(H,27,28). The summed E-state index contributed by atoms with van der Waals surface area (Å²) in [5.74, 6) is -0.850. The molecule has 162 valence electrons. The molecule has 0 radical (unpaired) electrons. The molecular formula is C22H28N2O6. The zero-order valence-electron chi connectivity index (χ0n) is 17.4. The molecule has 8 nitrogen and oxygen atoms in total. The molecule has 1 amide bonds. The highest BCUT2D eigenvalue weighted by molar-refractivity contribution is 6.01. The number of carbonyl (C=O) groups excluding carboxylic acids is 1. The molecule has 3 N–H and O–H groups in total. The van der Waals surface area contributed by atoms with Gasteiger partial charge in [-0.15, -0.1) is 0 Å². The number of carbonyl (C=O) groups is 2. The van der Waals surface area contributed by atoms with Crippen LogP contribution in [0.5, 0.6) is 11.5 Å². The summed E-state index contributed by atoms with van der Waals surface area (Å²) in [5.41, 5.74) is -1.60. The summed E-state index contributed by atoms with van der Waals surface area (Å²) in [6.07, 6.45) is 5.11. The third-order valence-corrected chi connectivity index (χ3v) is 5.61. The molecule has 1 aliphatic rings. The smallest absolute Gasteiger partial charge is 0.329 e. The number of hydrogen-bond donors (Lipinski definition) is 3. The molecule has 2 aromatic rings.